The van der Waals surface area contributed by atoms with Gasteiger partial charge in [-0.1, -0.05) is 18.1 Å². The van der Waals surface area contributed by atoms with Gasteiger partial charge in [0.05, 0.1) is 18.8 Å². The van der Waals surface area contributed by atoms with Gasteiger partial charge in [-0.15, -0.1) is 6.42 Å². The number of thioether (sulfide) groups is 1. The van der Waals surface area contributed by atoms with E-state index in [1.54, 1.807) is 17.8 Å². The molecule has 0 radical (unpaired) electrons. The number of hydrogen-bond donors (Lipinski definition) is 4. The average Bonchev–Trinajstić information content (AvgIpc) is 3.76. The summed E-state index contributed by atoms with van der Waals surface area (Å²) in [6.45, 7) is 0.613. The molecule has 9 heteroatoms. The Labute approximate surface area is 246 Å². The van der Waals surface area contributed by atoms with Gasteiger partial charge in [-0.3, -0.25) is 9.59 Å². The minimum Gasteiger partial charge on any atom is -0.493 e. The molecule has 0 spiro atoms. The van der Waals surface area contributed by atoms with E-state index >= 15 is 0 Å². The second-order valence-corrected chi connectivity index (χ2v) is 11.9. The molecule has 2 aliphatic rings. The maximum absolute atomic E-state index is 14.5. The maximum Gasteiger partial charge on any atom is 0.242 e. The van der Waals surface area contributed by atoms with Crippen LogP contribution in [-0.2, 0) is 21.5 Å². The first-order chi connectivity index (χ1) is 19.8. The van der Waals surface area contributed by atoms with Gasteiger partial charge in [0, 0.05) is 30.1 Å². The van der Waals surface area contributed by atoms with Crippen LogP contribution in [0.1, 0.15) is 61.6 Å². The van der Waals surface area contributed by atoms with Gasteiger partial charge in [0.25, 0.3) is 0 Å². The van der Waals surface area contributed by atoms with Crippen LogP contribution in [0.25, 0.3) is 0 Å². The highest BCUT2D eigenvalue weighted by Crippen LogP contribution is 2.45. The molecule has 1 fully saturated rings. The van der Waals surface area contributed by atoms with Gasteiger partial charge in [-0.2, -0.15) is 11.8 Å². The molecule has 4 rings (SSSR count). The van der Waals surface area contributed by atoms with Crippen molar-refractivity contribution in [3.8, 4) is 18.1 Å². The third-order valence-electron chi connectivity index (χ3n) is 7.74. The van der Waals surface area contributed by atoms with Crippen LogP contribution in [0, 0.1) is 18.2 Å². The van der Waals surface area contributed by atoms with Crippen LogP contribution in [0.3, 0.4) is 0 Å². The Kier molecular flexibility index (Phi) is 11.1. The Hall–Kier alpha value is -3.06. The molecule has 3 atom stereocenters. The monoisotopic (exact) mass is 581 g/mol. The number of rotatable bonds is 8. The van der Waals surface area contributed by atoms with Crippen LogP contribution < -0.4 is 20.7 Å². The zero-order valence-corrected chi connectivity index (χ0v) is 24.4. The number of aliphatic hydroxyl groups excluding tert-OH is 1. The van der Waals surface area contributed by atoms with Crippen molar-refractivity contribution in [2.75, 3.05) is 25.2 Å². The van der Waals surface area contributed by atoms with Crippen LogP contribution in [0.15, 0.2) is 42.5 Å². The van der Waals surface area contributed by atoms with Gasteiger partial charge >= 0.3 is 0 Å². The second-order valence-electron chi connectivity index (χ2n) is 10.9. The first kappa shape index (κ1) is 30.9. The first-order valence-corrected chi connectivity index (χ1v) is 15.7. The number of amides is 2. The van der Waals surface area contributed by atoms with Crippen LogP contribution in [0.5, 0.6) is 5.75 Å². The van der Waals surface area contributed by atoms with Crippen molar-refractivity contribution in [3.63, 3.8) is 0 Å². The van der Waals surface area contributed by atoms with Crippen molar-refractivity contribution in [2.45, 2.75) is 75.1 Å². The lowest BCUT2D eigenvalue weighted by Gasteiger charge is -2.29. The number of hydrogen-bond acceptors (Lipinski definition) is 6. The summed E-state index contributed by atoms with van der Waals surface area (Å²) >= 11 is 1.59. The summed E-state index contributed by atoms with van der Waals surface area (Å²) in [4.78, 5) is 26.1. The van der Waals surface area contributed by atoms with E-state index in [0.717, 1.165) is 36.8 Å². The highest BCUT2D eigenvalue weighted by Gasteiger charge is 2.44. The molecular weight excluding hydrogens is 541 g/mol. The van der Waals surface area contributed by atoms with E-state index in [4.69, 9.17) is 11.2 Å². The Morgan fingerprint density at radius 1 is 1.20 bits per heavy atom. The molecule has 1 saturated carbocycles. The minimum absolute atomic E-state index is 0.171. The van der Waals surface area contributed by atoms with Gasteiger partial charge in [-0.25, -0.2) is 4.39 Å². The zero-order valence-electron chi connectivity index (χ0n) is 23.6. The van der Waals surface area contributed by atoms with Gasteiger partial charge in [-0.05, 0) is 92.3 Å². The van der Waals surface area contributed by atoms with Crippen LogP contribution >= 0.6 is 11.8 Å². The normalized spacial score (nSPS) is 22.0. The number of terminal acetylenes is 1. The molecule has 2 aromatic carbocycles. The lowest BCUT2D eigenvalue weighted by atomic mass is 9.98. The molecule has 41 heavy (non-hydrogen) atoms. The molecule has 0 saturated heterocycles. The van der Waals surface area contributed by atoms with E-state index in [1.807, 2.05) is 30.5 Å². The lowest BCUT2D eigenvalue weighted by molar-refractivity contribution is -0.130. The number of halogens is 1. The Bertz CT molecular complexity index is 1250. The van der Waals surface area contributed by atoms with Crippen molar-refractivity contribution in [1.82, 2.24) is 16.0 Å². The fraction of sp³-hybridized carbons (Fsp3) is 0.500. The van der Waals surface area contributed by atoms with E-state index in [-0.39, 0.29) is 30.3 Å². The average molecular weight is 582 g/mol. The number of fused-ring (bicyclic) bond motifs is 2. The molecule has 220 valence electrons. The van der Waals surface area contributed by atoms with Crippen LogP contribution in [0.2, 0.25) is 0 Å². The van der Waals surface area contributed by atoms with E-state index in [9.17, 15) is 19.1 Å². The van der Waals surface area contributed by atoms with Gasteiger partial charge in [0.15, 0.2) is 0 Å². The highest BCUT2D eigenvalue weighted by atomic mass is 32.2. The fourth-order valence-electron chi connectivity index (χ4n) is 5.21. The molecule has 2 bridgehead atoms. The zero-order chi connectivity index (χ0) is 29.2. The van der Waals surface area contributed by atoms with E-state index in [0.29, 0.717) is 42.9 Å². The number of ether oxygens (including phenoxy) is 1. The van der Waals surface area contributed by atoms with E-state index < -0.39 is 24.0 Å². The second kappa shape index (κ2) is 14.7. The third kappa shape index (κ3) is 8.96. The molecule has 1 aliphatic carbocycles. The largest absolute Gasteiger partial charge is 0.493 e. The first-order valence-electron chi connectivity index (χ1n) is 14.3. The fourth-order valence-corrected chi connectivity index (χ4v) is 5.68. The summed E-state index contributed by atoms with van der Waals surface area (Å²) in [7, 11) is 0. The summed E-state index contributed by atoms with van der Waals surface area (Å²) in [5.41, 5.74) is 2.17. The summed E-state index contributed by atoms with van der Waals surface area (Å²) in [5, 5.41) is 20.8. The molecule has 2 aromatic rings. The van der Waals surface area contributed by atoms with Crippen molar-refractivity contribution < 1.29 is 23.8 Å². The summed E-state index contributed by atoms with van der Waals surface area (Å²) in [6, 6.07) is 10.8. The number of carbonyl (C=O) groups is 2. The maximum atomic E-state index is 14.5. The van der Waals surface area contributed by atoms with Crippen LogP contribution in [-0.4, -0.2) is 60.3 Å². The summed E-state index contributed by atoms with van der Waals surface area (Å²) in [6.07, 6.45) is 11.5. The smallest absolute Gasteiger partial charge is 0.242 e. The molecule has 2 amide bonds. The highest BCUT2D eigenvalue weighted by molar-refractivity contribution is 7.98. The molecule has 7 nitrogen and oxygen atoms in total. The van der Waals surface area contributed by atoms with Crippen molar-refractivity contribution in [1.29, 1.82) is 0 Å². The SMILES string of the molecule is C#Cc1cccc(C2(NC[C@@H](O)[C@@H]3Cc4cc(F)cc(c4)OCCCCCC(=O)NC(CCSC)C(=O)N3)CC2)c1. The number of nitrogens with one attached hydrogen (secondary N) is 3. The number of carbonyl (C=O) groups excluding carboxylic acids is 2. The topological polar surface area (TPSA) is 99.7 Å². The quantitative estimate of drug-likeness (QED) is 0.355. The third-order valence-corrected chi connectivity index (χ3v) is 8.38. The predicted molar refractivity (Wildman–Crippen MR) is 160 cm³/mol. The summed E-state index contributed by atoms with van der Waals surface area (Å²) < 4.78 is 20.3. The Morgan fingerprint density at radius 2 is 2.02 bits per heavy atom. The lowest BCUT2D eigenvalue weighted by Crippen LogP contribution is -2.55. The Balaban J connectivity index is 1.55. The molecular formula is C32H40FN3O4S. The van der Waals surface area contributed by atoms with Crippen LogP contribution in [0.4, 0.5) is 4.39 Å². The van der Waals surface area contributed by atoms with E-state index in [2.05, 4.69) is 21.9 Å². The molecule has 1 aliphatic heterocycles. The molecule has 1 unspecified atom stereocenters. The standard InChI is InChI=1S/C32H40FN3O4S/c1-3-22-8-7-9-24(16-22)32(12-13-32)34-21-29(37)28-19-23-17-25(33)20-26(18-23)40-14-6-4-5-10-30(38)35-27(11-15-41-2)31(39)36-28/h1,7-9,16-18,20,27-29,34,37H,4-6,10-15,19,21H2,2H3,(H,35,38)(H,36,39)/t27?,28-,29+/m0/s1. The molecule has 0 aromatic heterocycles. The van der Waals surface area contributed by atoms with Crippen molar-refractivity contribution in [3.05, 3.63) is 65.0 Å². The number of aliphatic hydroxyl groups is 1. The van der Waals surface area contributed by atoms with Gasteiger partial charge in [0.2, 0.25) is 11.8 Å². The van der Waals surface area contributed by atoms with Crippen molar-refractivity contribution in [2.24, 2.45) is 0 Å². The summed E-state index contributed by atoms with van der Waals surface area (Å²) in [5.74, 6) is 2.80. The Morgan fingerprint density at radius 3 is 2.78 bits per heavy atom. The minimum atomic E-state index is -0.990. The molecule has 4 N–H and O–H groups in total. The predicted octanol–water partition coefficient (Wildman–Crippen LogP) is 3.66. The van der Waals surface area contributed by atoms with Gasteiger partial charge < -0.3 is 25.8 Å². The van der Waals surface area contributed by atoms with Gasteiger partial charge in [0.1, 0.15) is 17.6 Å². The number of benzene rings is 2. The molecule has 1 heterocycles. The van der Waals surface area contributed by atoms with E-state index in [1.165, 1.54) is 12.1 Å². The van der Waals surface area contributed by atoms with Crippen molar-refractivity contribution >= 4 is 23.6 Å².